The van der Waals surface area contributed by atoms with Crippen molar-refractivity contribution in [2.45, 2.75) is 26.6 Å². The highest BCUT2D eigenvalue weighted by Crippen LogP contribution is 2.41. The van der Waals surface area contributed by atoms with Crippen molar-refractivity contribution < 1.29 is 18.4 Å². The van der Waals surface area contributed by atoms with Crippen molar-refractivity contribution in [1.29, 1.82) is 0 Å². The molecule has 8 nitrogen and oxygen atoms in total. The SMILES string of the molecule is COCc1nc2c(Cl)cccn2c1Cc1ccc2c(c1)COc1cc(F)ccc1C2=C(C)c1noc(=O)[nH]1. The fraction of sp³-hybridized carbons (Fsp3) is 0.179. The van der Waals surface area contributed by atoms with Crippen molar-refractivity contribution in [3.8, 4) is 5.75 Å². The summed E-state index contributed by atoms with van der Waals surface area (Å²) in [5.41, 5.74) is 7.39. The Morgan fingerprint density at radius 3 is 2.84 bits per heavy atom. The van der Waals surface area contributed by atoms with Gasteiger partial charge in [0, 0.05) is 36.9 Å². The van der Waals surface area contributed by atoms with Crippen LogP contribution >= 0.6 is 11.6 Å². The van der Waals surface area contributed by atoms with Crippen LogP contribution in [-0.2, 0) is 24.4 Å². The van der Waals surface area contributed by atoms with E-state index in [0.717, 1.165) is 33.7 Å². The number of rotatable bonds is 5. The fourth-order valence-electron chi connectivity index (χ4n) is 4.92. The van der Waals surface area contributed by atoms with Crippen molar-refractivity contribution in [3.63, 3.8) is 0 Å². The molecule has 38 heavy (non-hydrogen) atoms. The summed E-state index contributed by atoms with van der Waals surface area (Å²) in [6.07, 6.45) is 2.51. The summed E-state index contributed by atoms with van der Waals surface area (Å²) >= 11 is 6.41. The average Bonchev–Trinajstić information content (AvgIpc) is 3.45. The number of aromatic amines is 1. The molecular weight excluding hydrogens is 511 g/mol. The fourth-order valence-corrected chi connectivity index (χ4v) is 5.13. The number of benzene rings is 2. The summed E-state index contributed by atoms with van der Waals surface area (Å²) in [5.74, 6) is -0.357. The Hall–Kier alpha value is -4.21. The number of nitrogens with zero attached hydrogens (tertiary/aromatic N) is 3. The average molecular weight is 533 g/mol. The first-order valence-electron chi connectivity index (χ1n) is 11.9. The van der Waals surface area contributed by atoms with Gasteiger partial charge in [-0.1, -0.05) is 35.0 Å². The molecule has 0 spiro atoms. The maximum atomic E-state index is 14.1. The van der Waals surface area contributed by atoms with Gasteiger partial charge in [-0.2, -0.15) is 0 Å². The number of aromatic nitrogens is 4. The zero-order valence-corrected chi connectivity index (χ0v) is 21.3. The van der Waals surface area contributed by atoms with E-state index < -0.39 is 11.6 Å². The maximum absolute atomic E-state index is 14.1. The monoisotopic (exact) mass is 532 g/mol. The van der Waals surface area contributed by atoms with Gasteiger partial charge < -0.3 is 13.9 Å². The smallest absolute Gasteiger partial charge is 0.439 e. The van der Waals surface area contributed by atoms with Crippen LogP contribution in [0.25, 0.3) is 16.8 Å². The molecule has 0 radical (unpaired) electrons. The summed E-state index contributed by atoms with van der Waals surface area (Å²) in [5, 5.41) is 4.43. The summed E-state index contributed by atoms with van der Waals surface area (Å²) < 4.78 is 32.3. The van der Waals surface area contributed by atoms with Gasteiger partial charge in [0.2, 0.25) is 0 Å². The van der Waals surface area contributed by atoms with Crippen molar-refractivity contribution in [1.82, 2.24) is 19.5 Å². The second kappa shape index (κ2) is 9.59. The van der Waals surface area contributed by atoms with E-state index in [-0.39, 0.29) is 6.61 Å². The van der Waals surface area contributed by atoms with Crippen LogP contribution in [0.15, 0.2) is 64.0 Å². The van der Waals surface area contributed by atoms with Crippen molar-refractivity contribution in [2.75, 3.05) is 7.11 Å². The number of imidazole rings is 1. The lowest BCUT2D eigenvalue weighted by Gasteiger charge is -2.14. The number of H-pyrrole nitrogens is 1. The lowest BCUT2D eigenvalue weighted by molar-refractivity contribution is 0.181. The molecule has 1 aliphatic heterocycles. The lowest BCUT2D eigenvalue weighted by atomic mass is 9.89. The minimum atomic E-state index is -0.653. The second-order valence-electron chi connectivity index (χ2n) is 9.03. The zero-order chi connectivity index (χ0) is 26.4. The number of fused-ring (bicyclic) bond motifs is 3. The topological polar surface area (TPSA) is 94.7 Å². The molecule has 10 heteroatoms. The Bertz CT molecular complexity index is 1790. The molecule has 4 heterocycles. The normalized spacial score (nSPS) is 14.1. The van der Waals surface area contributed by atoms with E-state index in [0.29, 0.717) is 46.4 Å². The Kier molecular flexibility index (Phi) is 6.09. The summed E-state index contributed by atoms with van der Waals surface area (Å²) in [7, 11) is 1.63. The first-order chi connectivity index (χ1) is 18.4. The maximum Gasteiger partial charge on any atom is 0.439 e. The van der Waals surface area contributed by atoms with Crippen LogP contribution < -0.4 is 10.5 Å². The van der Waals surface area contributed by atoms with E-state index in [4.69, 9.17) is 30.6 Å². The number of nitrogens with one attached hydrogen (secondary N) is 1. The lowest BCUT2D eigenvalue weighted by Crippen LogP contribution is -2.03. The number of allylic oxidation sites excluding steroid dienone is 1. The summed E-state index contributed by atoms with van der Waals surface area (Å²) in [6, 6.07) is 14.2. The Morgan fingerprint density at radius 2 is 2.05 bits per heavy atom. The molecule has 5 aromatic rings. The molecular formula is C28H22ClFN4O4. The largest absolute Gasteiger partial charge is 0.488 e. The minimum Gasteiger partial charge on any atom is -0.488 e. The van der Waals surface area contributed by atoms with E-state index in [1.807, 2.05) is 41.8 Å². The molecule has 2 aromatic carbocycles. The van der Waals surface area contributed by atoms with Crippen molar-refractivity contribution in [2.24, 2.45) is 0 Å². The standard InChI is InChI=1S/C28H22ClFN4O4/c1-15(26-32-28(35)38-33-26)25-19-7-5-16(10-17(19)13-37-24-12-18(30)6-8-20(24)25)11-23-22(14-36-2)31-27-21(29)4-3-9-34(23)27/h3-10,12H,11,13-14H2,1-2H3,(H,32,33,35). The summed E-state index contributed by atoms with van der Waals surface area (Å²) in [4.78, 5) is 19.0. The third kappa shape index (κ3) is 4.19. The van der Waals surface area contributed by atoms with Crippen LogP contribution in [0.3, 0.4) is 0 Å². The van der Waals surface area contributed by atoms with Crippen LogP contribution in [0.1, 0.15) is 46.4 Å². The Balaban J connectivity index is 1.48. The Morgan fingerprint density at radius 1 is 1.21 bits per heavy atom. The molecule has 0 saturated heterocycles. The van der Waals surface area contributed by atoms with Crippen LogP contribution in [-0.4, -0.2) is 26.6 Å². The van der Waals surface area contributed by atoms with Crippen LogP contribution in [0, 0.1) is 5.82 Å². The number of methoxy groups -OCH3 is 1. The highest BCUT2D eigenvalue weighted by atomic mass is 35.5. The second-order valence-corrected chi connectivity index (χ2v) is 9.44. The van der Waals surface area contributed by atoms with E-state index in [1.165, 1.54) is 12.1 Å². The molecule has 0 fully saturated rings. The number of hydrogen-bond acceptors (Lipinski definition) is 6. The van der Waals surface area contributed by atoms with Gasteiger partial charge >= 0.3 is 5.76 Å². The number of pyridine rings is 1. The third-order valence-electron chi connectivity index (χ3n) is 6.64. The first-order valence-corrected chi connectivity index (χ1v) is 12.3. The molecule has 1 aliphatic rings. The zero-order valence-electron chi connectivity index (χ0n) is 20.5. The highest BCUT2D eigenvalue weighted by molar-refractivity contribution is 6.33. The summed E-state index contributed by atoms with van der Waals surface area (Å²) in [6.45, 7) is 2.42. The predicted octanol–water partition coefficient (Wildman–Crippen LogP) is 5.41. The van der Waals surface area contributed by atoms with E-state index in [1.54, 1.807) is 13.2 Å². The first kappa shape index (κ1) is 24.1. The molecule has 1 N–H and O–H groups in total. The number of ether oxygens (including phenoxy) is 2. The van der Waals surface area contributed by atoms with Crippen LogP contribution in [0.5, 0.6) is 5.75 Å². The van der Waals surface area contributed by atoms with E-state index in [9.17, 15) is 9.18 Å². The predicted molar refractivity (Wildman–Crippen MR) is 140 cm³/mol. The van der Waals surface area contributed by atoms with Gasteiger partial charge in [-0.05, 0) is 53.5 Å². The molecule has 6 rings (SSSR count). The number of hydrogen-bond donors (Lipinski definition) is 1. The van der Waals surface area contributed by atoms with Crippen LogP contribution in [0.4, 0.5) is 4.39 Å². The molecule has 0 bridgehead atoms. The van der Waals surface area contributed by atoms with Crippen LogP contribution in [0.2, 0.25) is 5.02 Å². The minimum absolute atomic E-state index is 0.232. The highest BCUT2D eigenvalue weighted by Gasteiger charge is 2.24. The van der Waals surface area contributed by atoms with Gasteiger partial charge in [-0.25, -0.2) is 14.2 Å². The molecule has 0 saturated carbocycles. The molecule has 3 aromatic heterocycles. The van der Waals surface area contributed by atoms with E-state index in [2.05, 4.69) is 16.2 Å². The molecule has 0 unspecified atom stereocenters. The van der Waals surface area contributed by atoms with Crippen molar-refractivity contribution in [3.05, 3.63) is 116 Å². The van der Waals surface area contributed by atoms with Gasteiger partial charge in [-0.15, -0.1) is 0 Å². The molecule has 0 atom stereocenters. The van der Waals surface area contributed by atoms with Gasteiger partial charge in [-0.3, -0.25) is 9.51 Å². The van der Waals surface area contributed by atoms with Gasteiger partial charge in [0.15, 0.2) is 11.5 Å². The van der Waals surface area contributed by atoms with Gasteiger partial charge in [0.1, 0.15) is 18.2 Å². The quantitative estimate of drug-likeness (QED) is 0.325. The third-order valence-corrected chi connectivity index (χ3v) is 6.94. The van der Waals surface area contributed by atoms with Gasteiger partial charge in [0.05, 0.1) is 23.0 Å². The number of halogens is 2. The molecule has 0 amide bonds. The Labute approximate surface area is 221 Å². The van der Waals surface area contributed by atoms with Gasteiger partial charge in [0.25, 0.3) is 0 Å². The van der Waals surface area contributed by atoms with Crippen molar-refractivity contribution >= 4 is 28.4 Å². The van der Waals surface area contributed by atoms with E-state index >= 15 is 0 Å². The molecule has 192 valence electrons. The molecule has 0 aliphatic carbocycles.